The van der Waals surface area contributed by atoms with Crippen molar-refractivity contribution in [2.75, 3.05) is 0 Å². The minimum Gasteiger partial charge on any atom is -0.248 e. The van der Waals surface area contributed by atoms with E-state index < -0.39 is 0 Å². The Hall–Kier alpha value is 0.110. The number of nitrogens with zero attached hydrogens (tertiary/aromatic N) is 1. The number of hydrogen-bond donors (Lipinski definition) is 0. The second kappa shape index (κ2) is 2.62. The largest absolute Gasteiger partial charge is 0.248 e. The van der Waals surface area contributed by atoms with Crippen LogP contribution in [0.15, 0.2) is 9.30 Å². The summed E-state index contributed by atoms with van der Waals surface area (Å²) in [4.78, 5) is 4.26. The van der Waals surface area contributed by atoms with Crippen LogP contribution in [0.4, 0.5) is 0 Å². The van der Waals surface area contributed by atoms with Crippen molar-refractivity contribution < 1.29 is 0 Å². The number of thiazole rings is 1. The smallest absolute Gasteiger partial charge is 0.0934 e. The third kappa shape index (κ3) is 1.58. The second-order valence-corrected chi connectivity index (χ2v) is 5.40. The molecule has 1 aromatic rings. The minimum atomic E-state index is 0.166. The molecular formula is C7H10BrNS. The summed E-state index contributed by atoms with van der Waals surface area (Å²) in [5.74, 6) is 0. The van der Waals surface area contributed by atoms with Crippen LogP contribution in [-0.2, 0) is 5.41 Å². The molecule has 3 heteroatoms. The molecule has 0 amide bonds. The monoisotopic (exact) mass is 219 g/mol. The summed E-state index contributed by atoms with van der Waals surface area (Å²) in [6.07, 6.45) is 0. The molecule has 1 aromatic heterocycles. The van der Waals surface area contributed by atoms with Crippen LogP contribution in [0, 0.1) is 0 Å². The Morgan fingerprint density at radius 1 is 1.50 bits per heavy atom. The Labute approximate surface area is 73.6 Å². The van der Waals surface area contributed by atoms with E-state index in [1.54, 1.807) is 11.3 Å². The van der Waals surface area contributed by atoms with Crippen molar-refractivity contribution in [2.24, 2.45) is 0 Å². The normalized spacial score (nSPS) is 12.0. The van der Waals surface area contributed by atoms with Gasteiger partial charge in [-0.25, -0.2) is 4.98 Å². The standard InChI is InChI=1S/C7H10BrNS/c1-7(2,3)5-6(8)10-4-9-5/h4H,1-3H3. The van der Waals surface area contributed by atoms with Crippen LogP contribution in [0.2, 0.25) is 0 Å². The molecule has 0 saturated carbocycles. The van der Waals surface area contributed by atoms with Gasteiger partial charge in [-0.2, -0.15) is 0 Å². The van der Waals surface area contributed by atoms with Crippen LogP contribution < -0.4 is 0 Å². The van der Waals surface area contributed by atoms with E-state index >= 15 is 0 Å². The SMILES string of the molecule is CC(C)(C)c1ncsc1Br. The van der Waals surface area contributed by atoms with Crippen LogP contribution in [0.25, 0.3) is 0 Å². The Morgan fingerprint density at radius 3 is 2.30 bits per heavy atom. The third-order valence-electron chi connectivity index (χ3n) is 1.23. The summed E-state index contributed by atoms with van der Waals surface area (Å²) in [5.41, 5.74) is 3.18. The van der Waals surface area contributed by atoms with Crippen molar-refractivity contribution in [2.45, 2.75) is 26.2 Å². The molecule has 0 aliphatic carbocycles. The highest BCUT2D eigenvalue weighted by Crippen LogP contribution is 2.30. The average Bonchev–Trinajstić information content (AvgIpc) is 2.11. The molecule has 56 valence electrons. The number of rotatable bonds is 0. The van der Waals surface area contributed by atoms with Gasteiger partial charge >= 0.3 is 0 Å². The van der Waals surface area contributed by atoms with E-state index in [2.05, 4.69) is 41.7 Å². The van der Waals surface area contributed by atoms with Crippen LogP contribution >= 0.6 is 27.3 Å². The summed E-state index contributed by atoms with van der Waals surface area (Å²) in [6.45, 7) is 6.48. The van der Waals surface area contributed by atoms with Gasteiger partial charge in [-0.15, -0.1) is 11.3 Å². The first-order valence-corrected chi connectivity index (χ1v) is 4.78. The molecule has 10 heavy (non-hydrogen) atoms. The quantitative estimate of drug-likeness (QED) is 0.654. The van der Waals surface area contributed by atoms with Crippen molar-refractivity contribution in [1.82, 2.24) is 4.98 Å². The summed E-state index contributed by atoms with van der Waals surface area (Å²) in [5, 5.41) is 0. The maximum atomic E-state index is 4.26. The van der Waals surface area contributed by atoms with Gasteiger partial charge < -0.3 is 0 Å². The maximum absolute atomic E-state index is 4.26. The molecule has 1 nitrogen and oxygen atoms in total. The average molecular weight is 220 g/mol. The molecule has 1 heterocycles. The minimum absolute atomic E-state index is 0.166. The Kier molecular flexibility index (Phi) is 2.15. The molecule has 1 rings (SSSR count). The zero-order valence-corrected chi connectivity index (χ0v) is 8.71. The van der Waals surface area contributed by atoms with E-state index in [1.165, 1.54) is 0 Å². The molecule has 0 fully saturated rings. The van der Waals surface area contributed by atoms with Gasteiger partial charge in [0.15, 0.2) is 0 Å². The lowest BCUT2D eigenvalue weighted by Gasteiger charge is -2.15. The van der Waals surface area contributed by atoms with Crippen molar-refractivity contribution in [3.63, 3.8) is 0 Å². The first-order chi connectivity index (χ1) is 4.52. The van der Waals surface area contributed by atoms with E-state index in [0.717, 1.165) is 9.48 Å². The summed E-state index contributed by atoms with van der Waals surface area (Å²) >= 11 is 5.09. The van der Waals surface area contributed by atoms with E-state index in [1.807, 2.05) is 5.51 Å². The summed E-state index contributed by atoms with van der Waals surface area (Å²) in [7, 11) is 0. The summed E-state index contributed by atoms with van der Waals surface area (Å²) < 4.78 is 1.15. The molecule has 0 unspecified atom stereocenters. The highest BCUT2D eigenvalue weighted by Gasteiger charge is 2.19. The van der Waals surface area contributed by atoms with Crippen molar-refractivity contribution in [3.05, 3.63) is 15.0 Å². The number of hydrogen-bond acceptors (Lipinski definition) is 2. The molecule has 0 spiro atoms. The lowest BCUT2D eigenvalue weighted by molar-refractivity contribution is 0.570. The highest BCUT2D eigenvalue weighted by molar-refractivity contribution is 9.11. The van der Waals surface area contributed by atoms with Gasteiger partial charge in [-0.1, -0.05) is 20.8 Å². The fourth-order valence-electron chi connectivity index (χ4n) is 0.720. The van der Waals surface area contributed by atoms with Crippen molar-refractivity contribution >= 4 is 27.3 Å². The Bertz CT molecular complexity index is 224. The lowest BCUT2D eigenvalue weighted by atomic mass is 9.93. The van der Waals surface area contributed by atoms with Gasteiger partial charge in [-0.05, 0) is 15.9 Å². The highest BCUT2D eigenvalue weighted by atomic mass is 79.9. The fraction of sp³-hybridized carbons (Fsp3) is 0.571. The topological polar surface area (TPSA) is 12.9 Å². The Morgan fingerprint density at radius 2 is 2.10 bits per heavy atom. The van der Waals surface area contributed by atoms with Crippen molar-refractivity contribution in [1.29, 1.82) is 0 Å². The van der Waals surface area contributed by atoms with Crippen LogP contribution in [0.5, 0.6) is 0 Å². The first kappa shape index (κ1) is 8.21. The predicted molar refractivity (Wildman–Crippen MR) is 48.5 cm³/mol. The summed E-state index contributed by atoms with van der Waals surface area (Å²) in [6, 6.07) is 0. The molecule has 0 N–H and O–H groups in total. The Balaban J connectivity index is 3.05. The zero-order chi connectivity index (χ0) is 7.78. The van der Waals surface area contributed by atoms with E-state index in [0.29, 0.717) is 0 Å². The van der Waals surface area contributed by atoms with Gasteiger partial charge in [-0.3, -0.25) is 0 Å². The molecule has 0 bridgehead atoms. The molecule has 0 atom stereocenters. The van der Waals surface area contributed by atoms with E-state index in [4.69, 9.17) is 0 Å². The van der Waals surface area contributed by atoms with E-state index in [9.17, 15) is 0 Å². The van der Waals surface area contributed by atoms with Crippen LogP contribution in [0.3, 0.4) is 0 Å². The predicted octanol–water partition coefficient (Wildman–Crippen LogP) is 3.20. The maximum Gasteiger partial charge on any atom is 0.0934 e. The molecule has 0 aromatic carbocycles. The number of halogens is 1. The van der Waals surface area contributed by atoms with Crippen molar-refractivity contribution in [3.8, 4) is 0 Å². The van der Waals surface area contributed by atoms with Gasteiger partial charge in [0.2, 0.25) is 0 Å². The van der Waals surface area contributed by atoms with Crippen LogP contribution in [-0.4, -0.2) is 4.98 Å². The molecular weight excluding hydrogens is 210 g/mol. The van der Waals surface area contributed by atoms with Gasteiger partial charge in [0.1, 0.15) is 0 Å². The van der Waals surface area contributed by atoms with Gasteiger partial charge in [0.05, 0.1) is 15.0 Å². The molecule has 0 aliphatic heterocycles. The molecule has 0 saturated heterocycles. The van der Waals surface area contributed by atoms with Crippen LogP contribution in [0.1, 0.15) is 26.5 Å². The second-order valence-electron chi connectivity index (χ2n) is 3.22. The van der Waals surface area contributed by atoms with Gasteiger partial charge in [0.25, 0.3) is 0 Å². The zero-order valence-electron chi connectivity index (χ0n) is 6.31. The molecule has 0 aliphatic rings. The fourth-order valence-corrected chi connectivity index (χ4v) is 2.39. The molecule has 0 radical (unpaired) electrons. The van der Waals surface area contributed by atoms with Gasteiger partial charge in [0, 0.05) is 5.41 Å². The van der Waals surface area contributed by atoms with E-state index in [-0.39, 0.29) is 5.41 Å². The number of aromatic nitrogens is 1. The first-order valence-electron chi connectivity index (χ1n) is 3.11. The third-order valence-corrected chi connectivity index (χ3v) is 2.78. The lowest BCUT2D eigenvalue weighted by Crippen LogP contribution is -2.11.